The minimum absolute atomic E-state index is 0.0117. The second-order valence-electron chi connectivity index (χ2n) is 9.73. The SMILES string of the molecule is COc1cccc(COC(=O)N2CCN(c3cc(C(F)(F)F)nc4cc(C(C)(C)C)nn34)CC2)c1OC. The zero-order valence-electron chi connectivity index (χ0n) is 21.4. The van der Waals surface area contributed by atoms with Gasteiger partial charge in [0.25, 0.3) is 0 Å². The highest BCUT2D eigenvalue weighted by Crippen LogP contribution is 2.33. The van der Waals surface area contributed by atoms with Gasteiger partial charge in [-0.25, -0.2) is 9.78 Å². The molecule has 0 saturated carbocycles. The van der Waals surface area contributed by atoms with Crippen LogP contribution >= 0.6 is 0 Å². The minimum atomic E-state index is -4.60. The summed E-state index contributed by atoms with van der Waals surface area (Å²) < 4.78 is 58.4. The fourth-order valence-electron chi connectivity index (χ4n) is 4.11. The summed E-state index contributed by atoms with van der Waals surface area (Å²) in [5, 5.41) is 4.55. The Morgan fingerprint density at radius 2 is 1.70 bits per heavy atom. The standard InChI is InChI=1S/C25H30F3N5O4/c1-24(2,3)18-13-20-29-19(25(26,27)28)14-21(33(20)30-18)31-9-11-32(12-10-31)23(34)37-15-16-7-6-8-17(35-4)22(16)36-5/h6-8,13-14H,9-12,15H2,1-5H3. The lowest BCUT2D eigenvalue weighted by Crippen LogP contribution is -2.49. The molecule has 1 aromatic carbocycles. The van der Waals surface area contributed by atoms with Crippen LogP contribution in [0.4, 0.5) is 23.8 Å². The Kier molecular flexibility index (Phi) is 7.11. The predicted octanol–water partition coefficient (Wildman–Crippen LogP) is 4.52. The van der Waals surface area contributed by atoms with Crippen LogP contribution < -0.4 is 14.4 Å². The van der Waals surface area contributed by atoms with Crippen molar-refractivity contribution in [2.45, 2.75) is 39.0 Å². The van der Waals surface area contributed by atoms with E-state index in [0.717, 1.165) is 6.07 Å². The lowest BCUT2D eigenvalue weighted by atomic mass is 9.93. The first-order valence-corrected chi connectivity index (χ1v) is 11.8. The summed E-state index contributed by atoms with van der Waals surface area (Å²) in [5.74, 6) is 1.29. The summed E-state index contributed by atoms with van der Waals surface area (Å²) in [7, 11) is 3.03. The number of hydrogen-bond donors (Lipinski definition) is 0. The molecule has 12 heteroatoms. The Morgan fingerprint density at radius 1 is 1.00 bits per heavy atom. The van der Waals surface area contributed by atoms with E-state index in [4.69, 9.17) is 14.2 Å². The molecule has 1 saturated heterocycles. The van der Waals surface area contributed by atoms with Gasteiger partial charge in [0.15, 0.2) is 22.8 Å². The predicted molar refractivity (Wildman–Crippen MR) is 130 cm³/mol. The van der Waals surface area contributed by atoms with Crippen LogP contribution in [0.1, 0.15) is 37.7 Å². The number of piperazine rings is 1. The van der Waals surface area contributed by atoms with Gasteiger partial charge in [0.1, 0.15) is 12.4 Å². The molecule has 9 nitrogen and oxygen atoms in total. The third-order valence-corrected chi connectivity index (χ3v) is 6.16. The molecule has 3 aromatic rings. The number of ether oxygens (including phenoxy) is 3. The summed E-state index contributed by atoms with van der Waals surface area (Å²) in [5.41, 5.74) is 0.0714. The van der Waals surface area contributed by atoms with E-state index in [1.807, 2.05) is 20.8 Å². The molecule has 200 valence electrons. The molecular formula is C25H30F3N5O4. The zero-order chi connectivity index (χ0) is 27.0. The van der Waals surface area contributed by atoms with Gasteiger partial charge in [0.05, 0.1) is 19.9 Å². The van der Waals surface area contributed by atoms with Crippen molar-refractivity contribution in [3.05, 3.63) is 47.3 Å². The molecule has 37 heavy (non-hydrogen) atoms. The average molecular weight is 522 g/mol. The Bertz CT molecular complexity index is 1280. The van der Waals surface area contributed by atoms with Crippen molar-refractivity contribution in [1.29, 1.82) is 0 Å². The maximum Gasteiger partial charge on any atom is 0.433 e. The van der Waals surface area contributed by atoms with E-state index in [1.165, 1.54) is 23.6 Å². The topological polar surface area (TPSA) is 81.4 Å². The van der Waals surface area contributed by atoms with Crippen molar-refractivity contribution in [3.8, 4) is 11.5 Å². The van der Waals surface area contributed by atoms with Gasteiger partial charge in [0.2, 0.25) is 0 Å². The number of benzene rings is 1. The molecule has 2 aromatic heterocycles. The van der Waals surface area contributed by atoms with Gasteiger partial charge in [0, 0.05) is 49.3 Å². The van der Waals surface area contributed by atoms with Gasteiger partial charge < -0.3 is 24.0 Å². The van der Waals surface area contributed by atoms with E-state index in [9.17, 15) is 18.0 Å². The van der Waals surface area contributed by atoms with Gasteiger partial charge in [-0.1, -0.05) is 32.9 Å². The fourth-order valence-corrected chi connectivity index (χ4v) is 4.11. The van der Waals surface area contributed by atoms with Crippen LogP contribution in [-0.2, 0) is 22.9 Å². The molecule has 1 fully saturated rings. The van der Waals surface area contributed by atoms with E-state index in [-0.39, 0.29) is 36.6 Å². The number of hydrogen-bond acceptors (Lipinski definition) is 7. The second kappa shape index (κ2) is 9.98. The van der Waals surface area contributed by atoms with E-state index in [0.29, 0.717) is 35.8 Å². The van der Waals surface area contributed by atoms with Crippen LogP contribution in [-0.4, -0.2) is 66.0 Å². The Hall–Kier alpha value is -3.70. The summed E-state index contributed by atoms with van der Waals surface area (Å²) in [6.07, 6.45) is -5.12. The van der Waals surface area contributed by atoms with Crippen molar-refractivity contribution in [1.82, 2.24) is 19.5 Å². The summed E-state index contributed by atoms with van der Waals surface area (Å²) in [4.78, 5) is 19.8. The highest BCUT2D eigenvalue weighted by Gasteiger charge is 2.35. The van der Waals surface area contributed by atoms with E-state index < -0.39 is 18.0 Å². The zero-order valence-corrected chi connectivity index (χ0v) is 21.4. The van der Waals surface area contributed by atoms with Gasteiger partial charge in [-0.05, 0) is 6.07 Å². The number of carbonyl (C=O) groups excluding carboxylic acids is 1. The van der Waals surface area contributed by atoms with Crippen molar-refractivity contribution in [3.63, 3.8) is 0 Å². The highest BCUT2D eigenvalue weighted by molar-refractivity contribution is 5.68. The molecule has 3 heterocycles. The van der Waals surface area contributed by atoms with Gasteiger partial charge in [-0.15, -0.1) is 0 Å². The molecule has 4 rings (SSSR count). The summed E-state index contributed by atoms with van der Waals surface area (Å²) in [6.45, 7) is 6.94. The number of alkyl halides is 3. The first-order chi connectivity index (χ1) is 17.4. The molecule has 1 aliphatic heterocycles. The molecule has 0 bridgehead atoms. The van der Waals surface area contributed by atoms with Gasteiger partial charge in [-0.2, -0.15) is 22.8 Å². The highest BCUT2D eigenvalue weighted by atomic mass is 19.4. The minimum Gasteiger partial charge on any atom is -0.493 e. The molecule has 0 unspecified atom stereocenters. The van der Waals surface area contributed by atoms with Crippen molar-refractivity contribution < 1.29 is 32.2 Å². The van der Waals surface area contributed by atoms with Crippen LogP contribution in [0.3, 0.4) is 0 Å². The van der Waals surface area contributed by atoms with Crippen LogP contribution in [0, 0.1) is 0 Å². The Balaban J connectivity index is 1.49. The lowest BCUT2D eigenvalue weighted by Gasteiger charge is -2.35. The lowest BCUT2D eigenvalue weighted by molar-refractivity contribution is -0.141. The largest absolute Gasteiger partial charge is 0.493 e. The van der Waals surface area contributed by atoms with E-state index >= 15 is 0 Å². The third kappa shape index (κ3) is 5.52. The molecule has 0 aliphatic carbocycles. The van der Waals surface area contributed by atoms with Crippen LogP contribution in [0.2, 0.25) is 0 Å². The van der Waals surface area contributed by atoms with Crippen molar-refractivity contribution in [2.24, 2.45) is 0 Å². The number of nitrogens with zero attached hydrogens (tertiary/aromatic N) is 5. The van der Waals surface area contributed by atoms with E-state index in [1.54, 1.807) is 29.2 Å². The normalized spacial score (nSPS) is 14.7. The summed E-state index contributed by atoms with van der Waals surface area (Å²) >= 11 is 0. The number of amides is 1. The first kappa shape index (κ1) is 26.4. The molecule has 0 atom stereocenters. The van der Waals surface area contributed by atoms with Crippen LogP contribution in [0.15, 0.2) is 30.3 Å². The molecule has 0 radical (unpaired) electrons. The smallest absolute Gasteiger partial charge is 0.433 e. The van der Waals surface area contributed by atoms with Crippen LogP contribution in [0.5, 0.6) is 11.5 Å². The number of carbonyl (C=O) groups is 1. The van der Waals surface area contributed by atoms with Crippen LogP contribution in [0.25, 0.3) is 5.65 Å². The Morgan fingerprint density at radius 3 is 2.30 bits per heavy atom. The third-order valence-electron chi connectivity index (χ3n) is 6.16. The van der Waals surface area contributed by atoms with Crippen molar-refractivity contribution >= 4 is 17.6 Å². The number of para-hydroxylation sites is 1. The number of aromatic nitrogens is 3. The quantitative estimate of drug-likeness (QED) is 0.488. The average Bonchev–Trinajstić information content (AvgIpc) is 3.31. The molecule has 0 N–H and O–H groups in total. The molecule has 1 amide bonds. The number of rotatable bonds is 5. The van der Waals surface area contributed by atoms with Gasteiger partial charge >= 0.3 is 12.3 Å². The fraction of sp³-hybridized carbons (Fsp3) is 0.480. The second-order valence-corrected chi connectivity index (χ2v) is 9.73. The maximum atomic E-state index is 13.6. The monoisotopic (exact) mass is 521 g/mol. The number of anilines is 1. The van der Waals surface area contributed by atoms with Crippen molar-refractivity contribution in [2.75, 3.05) is 45.3 Å². The molecule has 1 aliphatic rings. The van der Waals surface area contributed by atoms with Gasteiger partial charge in [-0.3, -0.25) is 0 Å². The number of fused-ring (bicyclic) bond motifs is 1. The number of halogens is 3. The number of methoxy groups -OCH3 is 2. The molecule has 0 spiro atoms. The first-order valence-electron chi connectivity index (χ1n) is 11.8. The molecular weight excluding hydrogens is 491 g/mol. The van der Waals surface area contributed by atoms with E-state index in [2.05, 4.69) is 10.1 Å². The summed E-state index contributed by atoms with van der Waals surface area (Å²) in [6, 6.07) is 7.88. The maximum absolute atomic E-state index is 13.6. The Labute approximate surface area is 212 Å².